The fraction of sp³-hybridized carbons (Fsp3) is 0.429. The Morgan fingerprint density at radius 1 is 1.05 bits per heavy atom. The molecule has 2 saturated heterocycles. The normalized spacial score (nSPS) is 24.0. The lowest BCUT2D eigenvalue weighted by Gasteiger charge is -2.35. The largest absolute Gasteiger partial charge is 0.379 e. The Hall–Kier alpha value is -3.40. The van der Waals surface area contributed by atoms with Gasteiger partial charge in [0.05, 0.1) is 32.2 Å². The number of amides is 4. The second kappa shape index (κ2) is 10.5. The minimum atomic E-state index is -0.582. The van der Waals surface area contributed by atoms with Crippen LogP contribution in [0.2, 0.25) is 0 Å². The lowest BCUT2D eigenvalue weighted by Crippen LogP contribution is -2.61. The first kappa shape index (κ1) is 25.3. The molecule has 2 N–H and O–H groups in total. The maximum absolute atomic E-state index is 13.2. The van der Waals surface area contributed by atoms with Gasteiger partial charge in [-0.1, -0.05) is 30.3 Å². The van der Waals surface area contributed by atoms with E-state index in [-0.39, 0.29) is 34.5 Å². The number of imide groups is 1. The van der Waals surface area contributed by atoms with Crippen LogP contribution in [0.25, 0.3) is 0 Å². The Labute approximate surface area is 216 Å². The topological polar surface area (TPSA) is 105 Å². The molecule has 2 aromatic rings. The minimum Gasteiger partial charge on any atom is -0.379 e. The Morgan fingerprint density at radius 3 is 2.49 bits per heavy atom. The average molecular weight is 506 g/mol. The smallest absolute Gasteiger partial charge is 0.347 e. The SMILES string of the molecule is C[N+]1(C2CCC(=O)NC2=O)Cc2cc(CNC(=O)Cc3ccc(CN4CCOCC4)cc3)ccc2C1=O. The second-order valence-electron chi connectivity index (χ2n) is 10.3. The van der Waals surface area contributed by atoms with Crippen molar-refractivity contribution in [2.45, 2.75) is 44.9 Å². The van der Waals surface area contributed by atoms with Gasteiger partial charge in [-0.25, -0.2) is 9.28 Å². The molecule has 37 heavy (non-hydrogen) atoms. The van der Waals surface area contributed by atoms with Gasteiger partial charge in [0.1, 0.15) is 6.54 Å². The van der Waals surface area contributed by atoms with Crippen molar-refractivity contribution in [3.63, 3.8) is 0 Å². The van der Waals surface area contributed by atoms with Gasteiger partial charge in [-0.15, -0.1) is 0 Å². The predicted molar refractivity (Wildman–Crippen MR) is 135 cm³/mol. The summed E-state index contributed by atoms with van der Waals surface area (Å²) in [5, 5.41) is 5.34. The summed E-state index contributed by atoms with van der Waals surface area (Å²) in [6.07, 6.45) is 0.894. The summed E-state index contributed by atoms with van der Waals surface area (Å²) in [5.74, 6) is -0.862. The molecule has 2 fully saturated rings. The Kier molecular flexibility index (Phi) is 7.19. The van der Waals surface area contributed by atoms with Crippen molar-refractivity contribution in [1.82, 2.24) is 15.5 Å². The highest BCUT2D eigenvalue weighted by Gasteiger charge is 2.51. The molecule has 2 unspecified atom stereocenters. The molecule has 3 aliphatic rings. The maximum atomic E-state index is 13.2. The van der Waals surface area contributed by atoms with Crippen molar-refractivity contribution in [3.05, 3.63) is 70.3 Å². The molecule has 0 spiro atoms. The summed E-state index contributed by atoms with van der Waals surface area (Å²) in [6, 6.07) is 13.1. The molecule has 9 heteroatoms. The predicted octanol–water partition coefficient (Wildman–Crippen LogP) is 1.28. The summed E-state index contributed by atoms with van der Waals surface area (Å²) in [7, 11) is 1.76. The van der Waals surface area contributed by atoms with Crippen LogP contribution in [0.1, 0.15) is 45.5 Å². The van der Waals surface area contributed by atoms with Crippen LogP contribution in [0.3, 0.4) is 0 Å². The second-order valence-corrected chi connectivity index (χ2v) is 10.3. The molecular formula is C28H33N4O5+. The molecule has 2 atom stereocenters. The average Bonchev–Trinajstić information content (AvgIpc) is 3.14. The lowest BCUT2D eigenvalue weighted by molar-refractivity contribution is -0.855. The van der Waals surface area contributed by atoms with Crippen LogP contribution in [-0.2, 0) is 45.2 Å². The number of morpholine rings is 1. The third-order valence-corrected chi connectivity index (χ3v) is 7.65. The molecule has 5 rings (SSSR count). The number of carbonyl (C=O) groups excluding carboxylic acids is 4. The first-order valence-corrected chi connectivity index (χ1v) is 12.8. The van der Waals surface area contributed by atoms with Gasteiger partial charge in [0.2, 0.25) is 11.8 Å². The third-order valence-electron chi connectivity index (χ3n) is 7.65. The first-order valence-electron chi connectivity index (χ1n) is 12.8. The van der Waals surface area contributed by atoms with Gasteiger partial charge < -0.3 is 10.1 Å². The minimum absolute atomic E-state index is 0.0637. The summed E-state index contributed by atoms with van der Waals surface area (Å²) in [4.78, 5) is 52.1. The van der Waals surface area contributed by atoms with Crippen molar-refractivity contribution in [3.8, 4) is 0 Å². The van der Waals surface area contributed by atoms with E-state index in [4.69, 9.17) is 4.74 Å². The quantitative estimate of drug-likeness (QED) is 0.434. The first-order chi connectivity index (χ1) is 17.8. The number of carbonyl (C=O) groups is 4. The standard InChI is InChI=1S/C28H32N4O5/c1-32(24-8-9-25(33)30-27(24)35)18-22-14-21(6-7-23(22)28(32)36)16-29-26(34)15-19-2-4-20(5-3-19)17-31-10-12-37-13-11-31/h2-7,14,24H,8-13,15-18H2,1H3,(H-,29,30,33,34,35)/p+1. The number of nitrogens with zero attached hydrogens (tertiary/aromatic N) is 2. The van der Waals surface area contributed by atoms with E-state index in [0.717, 1.165) is 49.5 Å². The highest BCUT2D eigenvalue weighted by Crippen LogP contribution is 2.34. The van der Waals surface area contributed by atoms with E-state index >= 15 is 0 Å². The van der Waals surface area contributed by atoms with Crippen molar-refractivity contribution in [1.29, 1.82) is 0 Å². The lowest BCUT2D eigenvalue weighted by atomic mass is 10.0. The number of hydrogen-bond acceptors (Lipinski definition) is 6. The molecule has 3 heterocycles. The van der Waals surface area contributed by atoms with Gasteiger partial charge in [-0.2, -0.15) is 0 Å². The molecule has 9 nitrogen and oxygen atoms in total. The number of rotatable bonds is 7. The van der Waals surface area contributed by atoms with E-state index in [2.05, 4.69) is 27.7 Å². The van der Waals surface area contributed by atoms with Gasteiger partial charge in [-0.3, -0.25) is 24.6 Å². The fourth-order valence-corrected chi connectivity index (χ4v) is 5.50. The van der Waals surface area contributed by atoms with E-state index < -0.39 is 6.04 Å². The zero-order valence-corrected chi connectivity index (χ0v) is 21.1. The molecule has 0 saturated carbocycles. The summed E-state index contributed by atoms with van der Waals surface area (Å²) < 4.78 is 5.33. The van der Waals surface area contributed by atoms with Crippen LogP contribution < -0.4 is 10.6 Å². The van der Waals surface area contributed by atoms with E-state index in [1.54, 1.807) is 13.1 Å². The Bertz CT molecular complexity index is 1220. The molecule has 2 aromatic carbocycles. The van der Waals surface area contributed by atoms with E-state index in [0.29, 0.717) is 31.5 Å². The van der Waals surface area contributed by atoms with Crippen molar-refractivity contribution < 1.29 is 28.4 Å². The van der Waals surface area contributed by atoms with E-state index in [1.807, 2.05) is 24.3 Å². The molecule has 0 aliphatic carbocycles. The molecule has 0 bridgehead atoms. The van der Waals surface area contributed by atoms with Crippen LogP contribution in [0, 0.1) is 0 Å². The van der Waals surface area contributed by atoms with Crippen LogP contribution >= 0.6 is 0 Å². The number of piperidine rings is 1. The number of quaternary nitrogens is 1. The van der Waals surface area contributed by atoms with Crippen LogP contribution in [0.5, 0.6) is 0 Å². The molecule has 4 amide bonds. The molecule has 194 valence electrons. The van der Waals surface area contributed by atoms with Gasteiger partial charge in [0, 0.05) is 44.6 Å². The Morgan fingerprint density at radius 2 is 1.76 bits per heavy atom. The monoisotopic (exact) mass is 505 g/mol. The summed E-state index contributed by atoms with van der Waals surface area (Å²) in [5.41, 5.74) is 4.54. The number of hydrogen-bond donors (Lipinski definition) is 2. The molecule has 0 radical (unpaired) electrons. The van der Waals surface area contributed by atoms with Crippen molar-refractivity contribution in [2.75, 3.05) is 33.4 Å². The highest BCUT2D eigenvalue weighted by atomic mass is 16.5. The van der Waals surface area contributed by atoms with Crippen LogP contribution in [-0.4, -0.2) is 72.4 Å². The van der Waals surface area contributed by atoms with Crippen LogP contribution in [0.15, 0.2) is 42.5 Å². The number of fused-ring (bicyclic) bond motifs is 1. The zero-order chi connectivity index (χ0) is 26.0. The maximum Gasteiger partial charge on any atom is 0.347 e. The molecule has 0 aromatic heterocycles. The zero-order valence-electron chi connectivity index (χ0n) is 21.1. The van der Waals surface area contributed by atoms with Gasteiger partial charge >= 0.3 is 5.91 Å². The van der Waals surface area contributed by atoms with Gasteiger partial charge in [0.25, 0.3) is 5.91 Å². The number of ether oxygens (including phenoxy) is 1. The van der Waals surface area contributed by atoms with Crippen LogP contribution in [0.4, 0.5) is 0 Å². The molecule has 3 aliphatic heterocycles. The fourth-order valence-electron chi connectivity index (χ4n) is 5.50. The highest BCUT2D eigenvalue weighted by molar-refractivity contribution is 6.02. The number of benzene rings is 2. The van der Waals surface area contributed by atoms with E-state index in [1.165, 1.54) is 5.56 Å². The van der Waals surface area contributed by atoms with Crippen molar-refractivity contribution >= 4 is 23.6 Å². The third kappa shape index (κ3) is 5.49. The van der Waals surface area contributed by atoms with Gasteiger partial charge in [0.15, 0.2) is 6.04 Å². The Balaban J connectivity index is 1.15. The summed E-state index contributed by atoms with van der Waals surface area (Å²) in [6.45, 7) is 5.06. The van der Waals surface area contributed by atoms with Gasteiger partial charge in [-0.05, 0) is 28.8 Å². The van der Waals surface area contributed by atoms with E-state index in [9.17, 15) is 19.2 Å². The number of nitrogens with one attached hydrogen (secondary N) is 2. The molecular weight excluding hydrogens is 472 g/mol. The summed E-state index contributed by atoms with van der Waals surface area (Å²) >= 11 is 0. The number of likely N-dealkylation sites (N-methyl/N-ethyl adjacent to an activating group) is 1. The van der Waals surface area contributed by atoms with Crippen molar-refractivity contribution in [2.24, 2.45) is 0 Å².